The largest absolute Gasteiger partial charge is 0.466 e. The summed E-state index contributed by atoms with van der Waals surface area (Å²) in [4.78, 5) is 24.5. The molecule has 0 rings (SSSR count). The minimum Gasteiger partial charge on any atom is -0.466 e. The molecule has 0 aromatic carbocycles. The van der Waals surface area contributed by atoms with Crippen LogP contribution in [0, 0.1) is 0 Å². The van der Waals surface area contributed by atoms with Gasteiger partial charge in [-0.1, -0.05) is 236 Å². The maximum Gasteiger partial charge on any atom is 0.305 e. The molecule has 0 fully saturated rings. The number of unbranched alkanes of at least 4 members (excludes halogenated alkanes) is 36. The highest BCUT2D eigenvalue weighted by atomic mass is 16.5. The summed E-state index contributed by atoms with van der Waals surface area (Å²) < 4.78 is 5.45. The fraction of sp³-hybridized carbons (Fsp3) is 0.833. The molecule has 6 nitrogen and oxygen atoms in total. The Balaban J connectivity index is 3.54. The van der Waals surface area contributed by atoms with Crippen molar-refractivity contribution in [3.05, 3.63) is 48.6 Å². The molecular weight excluding hydrogens is 815 g/mol. The number of rotatable bonds is 53. The maximum absolute atomic E-state index is 12.5. The number of nitrogens with one attached hydrogen (secondary N) is 1. The number of amides is 1. The topological polar surface area (TPSA) is 95.9 Å². The van der Waals surface area contributed by atoms with Crippen LogP contribution in [0.1, 0.15) is 296 Å². The summed E-state index contributed by atoms with van der Waals surface area (Å²) in [5, 5.41) is 23.1. The Labute approximate surface area is 410 Å². The standard InChI is InChI=1S/C60H111NO5/c1-3-5-7-9-11-13-15-17-19-21-22-23-25-26-28-32-36-40-44-48-52-58(63)57(56-62)61-59(64)53-49-45-41-37-33-30-31-35-39-43-47-51-55-66-60(65)54-50-46-42-38-34-29-27-24-20-18-16-14-12-10-8-6-4-2/h12,14,18,20,31,35,48,52,57-58,62-63H,3-11,13,15-17,19,21-30,32-34,36-47,49-51,53-56H2,1-2H3,(H,61,64)/b14-12-,20-18-,35-31-,52-48+. The van der Waals surface area contributed by atoms with E-state index in [-0.39, 0.29) is 18.5 Å². The first-order valence-corrected chi connectivity index (χ1v) is 28.9. The average molecular weight is 927 g/mol. The molecule has 0 aromatic heterocycles. The number of hydrogen-bond acceptors (Lipinski definition) is 5. The Morgan fingerprint density at radius 1 is 0.424 bits per heavy atom. The van der Waals surface area contributed by atoms with Gasteiger partial charge in [0.25, 0.3) is 0 Å². The van der Waals surface area contributed by atoms with Crippen LogP contribution in [0.5, 0.6) is 0 Å². The van der Waals surface area contributed by atoms with E-state index in [0.717, 1.165) is 89.9 Å². The zero-order valence-corrected chi connectivity index (χ0v) is 43.9. The van der Waals surface area contributed by atoms with Crippen molar-refractivity contribution in [1.82, 2.24) is 5.32 Å². The molecule has 0 spiro atoms. The first kappa shape index (κ1) is 63.8. The van der Waals surface area contributed by atoms with Gasteiger partial charge >= 0.3 is 5.97 Å². The summed E-state index contributed by atoms with van der Waals surface area (Å²) >= 11 is 0. The fourth-order valence-corrected chi connectivity index (χ4v) is 8.60. The molecule has 1 amide bonds. The van der Waals surface area contributed by atoms with Crippen molar-refractivity contribution in [3.8, 4) is 0 Å². The second-order valence-corrected chi connectivity index (χ2v) is 19.6. The van der Waals surface area contributed by atoms with E-state index in [9.17, 15) is 19.8 Å². The third-order valence-corrected chi connectivity index (χ3v) is 13.1. The molecule has 0 saturated heterocycles. The SMILES string of the molecule is CCCCC/C=C\C/C=C\CCCCCCCCCC(=O)OCCCCC/C=C\CCCCCCCC(=O)NC(CO)C(O)/C=C/CCCCCCCCCCCCCCCCCCCC. The molecular formula is C60H111NO5. The number of esters is 1. The van der Waals surface area contributed by atoms with Crippen molar-refractivity contribution >= 4 is 11.9 Å². The van der Waals surface area contributed by atoms with Crippen LogP contribution in [0.4, 0.5) is 0 Å². The summed E-state index contributed by atoms with van der Waals surface area (Å²) in [6, 6.07) is -0.649. The van der Waals surface area contributed by atoms with Gasteiger partial charge < -0.3 is 20.3 Å². The van der Waals surface area contributed by atoms with Crippen molar-refractivity contribution in [2.45, 2.75) is 309 Å². The van der Waals surface area contributed by atoms with Gasteiger partial charge in [0.2, 0.25) is 5.91 Å². The third-order valence-electron chi connectivity index (χ3n) is 13.1. The number of allylic oxidation sites excluding steroid dienone is 7. The van der Waals surface area contributed by atoms with Crippen molar-refractivity contribution in [2.24, 2.45) is 0 Å². The van der Waals surface area contributed by atoms with Crippen LogP contribution in [0.3, 0.4) is 0 Å². The quantitative estimate of drug-likeness (QED) is 0.0321. The van der Waals surface area contributed by atoms with Crippen LogP contribution >= 0.6 is 0 Å². The lowest BCUT2D eigenvalue weighted by atomic mass is 10.0. The van der Waals surface area contributed by atoms with Crippen molar-refractivity contribution < 1.29 is 24.5 Å². The Bertz CT molecular complexity index is 1110. The number of carbonyl (C=O) groups is 2. The molecule has 66 heavy (non-hydrogen) atoms. The summed E-state index contributed by atoms with van der Waals surface area (Å²) in [6.07, 6.45) is 69.8. The highest BCUT2D eigenvalue weighted by Gasteiger charge is 2.18. The van der Waals surface area contributed by atoms with Crippen LogP contribution in [-0.2, 0) is 14.3 Å². The molecule has 0 aliphatic carbocycles. The van der Waals surface area contributed by atoms with Crippen LogP contribution < -0.4 is 5.32 Å². The van der Waals surface area contributed by atoms with Crippen LogP contribution in [0.15, 0.2) is 48.6 Å². The predicted octanol–water partition coefficient (Wildman–Crippen LogP) is 17.8. The van der Waals surface area contributed by atoms with Crippen LogP contribution in [0.25, 0.3) is 0 Å². The second kappa shape index (κ2) is 55.4. The van der Waals surface area contributed by atoms with Gasteiger partial charge in [0.15, 0.2) is 0 Å². The molecule has 0 radical (unpaired) electrons. The van der Waals surface area contributed by atoms with Crippen molar-refractivity contribution in [3.63, 3.8) is 0 Å². The summed E-state index contributed by atoms with van der Waals surface area (Å²) in [7, 11) is 0. The van der Waals surface area contributed by atoms with E-state index in [1.807, 2.05) is 6.08 Å². The minimum atomic E-state index is -0.863. The van der Waals surface area contributed by atoms with E-state index in [4.69, 9.17) is 4.74 Å². The Morgan fingerprint density at radius 2 is 0.758 bits per heavy atom. The molecule has 2 atom stereocenters. The van der Waals surface area contributed by atoms with Crippen LogP contribution in [-0.4, -0.2) is 47.4 Å². The molecule has 0 heterocycles. The van der Waals surface area contributed by atoms with Crippen molar-refractivity contribution in [1.29, 1.82) is 0 Å². The number of carbonyl (C=O) groups excluding carboxylic acids is 2. The summed E-state index contributed by atoms with van der Waals surface area (Å²) in [5.41, 5.74) is 0. The Hall–Kier alpha value is -2.18. The van der Waals surface area contributed by atoms with Gasteiger partial charge in [0.05, 0.1) is 25.4 Å². The summed E-state index contributed by atoms with van der Waals surface area (Å²) in [5.74, 6) is -0.126. The van der Waals surface area contributed by atoms with Gasteiger partial charge in [0.1, 0.15) is 0 Å². The number of hydrogen-bond donors (Lipinski definition) is 3. The van der Waals surface area contributed by atoms with E-state index in [1.165, 1.54) is 180 Å². The van der Waals surface area contributed by atoms with Gasteiger partial charge in [0, 0.05) is 12.8 Å². The lowest BCUT2D eigenvalue weighted by Crippen LogP contribution is -2.45. The third kappa shape index (κ3) is 51.2. The minimum absolute atomic E-state index is 0.0323. The fourth-order valence-electron chi connectivity index (χ4n) is 8.60. The number of aliphatic hydroxyl groups is 2. The number of aliphatic hydroxyl groups excluding tert-OH is 2. The van der Waals surface area contributed by atoms with E-state index in [2.05, 4.69) is 55.6 Å². The molecule has 0 aliphatic heterocycles. The first-order valence-electron chi connectivity index (χ1n) is 28.9. The van der Waals surface area contributed by atoms with Gasteiger partial charge in [-0.2, -0.15) is 0 Å². The molecule has 0 saturated carbocycles. The van der Waals surface area contributed by atoms with E-state index < -0.39 is 12.1 Å². The lowest BCUT2D eigenvalue weighted by Gasteiger charge is -2.20. The molecule has 0 aliphatic rings. The first-order chi connectivity index (χ1) is 32.5. The molecule has 386 valence electrons. The molecule has 3 N–H and O–H groups in total. The predicted molar refractivity (Wildman–Crippen MR) is 287 cm³/mol. The Morgan fingerprint density at radius 3 is 1.20 bits per heavy atom. The van der Waals surface area contributed by atoms with Gasteiger partial charge in [-0.3, -0.25) is 9.59 Å². The van der Waals surface area contributed by atoms with E-state index in [1.54, 1.807) is 6.08 Å². The molecule has 2 unspecified atom stereocenters. The van der Waals surface area contributed by atoms with Crippen molar-refractivity contribution in [2.75, 3.05) is 13.2 Å². The lowest BCUT2D eigenvalue weighted by molar-refractivity contribution is -0.143. The monoisotopic (exact) mass is 926 g/mol. The maximum atomic E-state index is 12.5. The number of ether oxygens (including phenoxy) is 1. The highest BCUT2D eigenvalue weighted by Crippen LogP contribution is 2.16. The highest BCUT2D eigenvalue weighted by molar-refractivity contribution is 5.76. The zero-order chi connectivity index (χ0) is 47.9. The van der Waals surface area contributed by atoms with E-state index >= 15 is 0 Å². The second-order valence-electron chi connectivity index (χ2n) is 19.6. The Kier molecular flexibility index (Phi) is 53.6. The van der Waals surface area contributed by atoms with E-state index in [0.29, 0.717) is 19.4 Å². The normalized spacial score (nSPS) is 13.0. The molecule has 6 heteroatoms. The average Bonchev–Trinajstić information content (AvgIpc) is 3.32. The van der Waals surface area contributed by atoms with Crippen LogP contribution in [0.2, 0.25) is 0 Å². The smallest absolute Gasteiger partial charge is 0.305 e. The molecule has 0 aromatic rings. The molecule has 0 bridgehead atoms. The van der Waals surface area contributed by atoms with Gasteiger partial charge in [-0.15, -0.1) is 0 Å². The van der Waals surface area contributed by atoms with Gasteiger partial charge in [-0.25, -0.2) is 0 Å². The van der Waals surface area contributed by atoms with Gasteiger partial charge in [-0.05, 0) is 96.3 Å². The zero-order valence-electron chi connectivity index (χ0n) is 43.9. The summed E-state index contributed by atoms with van der Waals surface area (Å²) in [6.45, 7) is 4.82.